The Morgan fingerprint density at radius 1 is 0.872 bits per heavy atom. The third-order valence-corrected chi connectivity index (χ3v) is 8.42. The zero-order valence-corrected chi connectivity index (χ0v) is 23.9. The van der Waals surface area contributed by atoms with Crippen LogP contribution in [0.2, 0.25) is 0 Å². The van der Waals surface area contributed by atoms with Crippen LogP contribution >= 0.6 is 0 Å². The van der Waals surface area contributed by atoms with Crippen LogP contribution in [0.25, 0.3) is 0 Å². The van der Waals surface area contributed by atoms with Crippen LogP contribution < -0.4 is 9.62 Å². The maximum Gasteiger partial charge on any atom is 0.264 e. The van der Waals surface area contributed by atoms with E-state index >= 15 is 0 Å². The number of nitrogens with zero attached hydrogens (tertiary/aromatic N) is 2. The van der Waals surface area contributed by atoms with E-state index in [9.17, 15) is 18.0 Å². The predicted molar refractivity (Wildman–Crippen MR) is 156 cm³/mol. The Labute approximate surface area is 232 Å². The molecule has 0 aliphatic heterocycles. The second kappa shape index (κ2) is 14.5. The number of sulfonamides is 1. The standard InChI is InChI=1S/C31H39N3O4S/c1-4-6-22-32-31(36)29(5-2)33(23-21-26-13-9-7-10-14-26)30(35)24-34(27-15-11-8-12-16-27)39(37,38)28-19-17-25(3)18-20-28/h7-20,29H,4-6,21-24H2,1-3H3,(H,32,36). The van der Waals surface area contributed by atoms with Gasteiger partial charge < -0.3 is 10.2 Å². The maximum atomic E-state index is 14.0. The Bertz CT molecular complexity index is 1300. The van der Waals surface area contributed by atoms with Crippen molar-refractivity contribution in [2.45, 2.75) is 57.4 Å². The molecule has 3 aromatic rings. The van der Waals surface area contributed by atoms with Crippen LogP contribution in [0.1, 0.15) is 44.2 Å². The molecule has 0 aliphatic carbocycles. The minimum absolute atomic E-state index is 0.102. The average Bonchev–Trinajstić information content (AvgIpc) is 2.95. The molecule has 0 saturated carbocycles. The second-order valence-corrected chi connectivity index (χ2v) is 11.4. The van der Waals surface area contributed by atoms with Crippen molar-refractivity contribution in [1.82, 2.24) is 10.2 Å². The van der Waals surface area contributed by atoms with Crippen LogP contribution in [0.4, 0.5) is 5.69 Å². The number of para-hydroxylation sites is 1. The highest BCUT2D eigenvalue weighted by atomic mass is 32.2. The molecule has 3 rings (SSSR count). The molecule has 0 aliphatic rings. The van der Waals surface area contributed by atoms with Gasteiger partial charge in [-0.15, -0.1) is 0 Å². The zero-order chi connectivity index (χ0) is 28.3. The van der Waals surface area contributed by atoms with Crippen LogP contribution in [0, 0.1) is 6.92 Å². The first kappa shape index (κ1) is 29.9. The van der Waals surface area contributed by atoms with Crippen molar-refractivity contribution in [3.05, 3.63) is 96.1 Å². The molecular weight excluding hydrogens is 510 g/mol. The number of unbranched alkanes of at least 4 members (excludes halogenated alkanes) is 1. The minimum Gasteiger partial charge on any atom is -0.354 e. The van der Waals surface area contributed by atoms with Crippen LogP contribution in [0.3, 0.4) is 0 Å². The molecule has 0 saturated heterocycles. The number of hydrogen-bond acceptors (Lipinski definition) is 4. The maximum absolute atomic E-state index is 14.0. The SMILES string of the molecule is CCCCNC(=O)C(CC)N(CCc1ccccc1)C(=O)CN(c1ccccc1)S(=O)(=O)c1ccc(C)cc1. The lowest BCUT2D eigenvalue weighted by molar-refractivity contribution is -0.139. The van der Waals surface area contributed by atoms with Crippen LogP contribution in [-0.4, -0.2) is 50.8 Å². The summed E-state index contributed by atoms with van der Waals surface area (Å²) in [4.78, 5) is 28.8. The van der Waals surface area contributed by atoms with E-state index in [2.05, 4.69) is 5.32 Å². The van der Waals surface area contributed by atoms with Crippen molar-refractivity contribution in [3.63, 3.8) is 0 Å². The fourth-order valence-electron chi connectivity index (χ4n) is 4.36. The van der Waals surface area contributed by atoms with Gasteiger partial charge in [-0.05, 0) is 56.0 Å². The van der Waals surface area contributed by atoms with Gasteiger partial charge >= 0.3 is 0 Å². The molecule has 2 amide bonds. The Morgan fingerprint density at radius 2 is 1.49 bits per heavy atom. The highest BCUT2D eigenvalue weighted by molar-refractivity contribution is 7.92. The van der Waals surface area contributed by atoms with Crippen molar-refractivity contribution in [1.29, 1.82) is 0 Å². The van der Waals surface area contributed by atoms with E-state index in [1.807, 2.05) is 51.1 Å². The molecule has 208 valence electrons. The van der Waals surface area contributed by atoms with Gasteiger partial charge in [0, 0.05) is 13.1 Å². The summed E-state index contributed by atoms with van der Waals surface area (Å²) in [5, 5.41) is 2.95. The van der Waals surface area contributed by atoms with E-state index in [1.165, 1.54) is 4.90 Å². The summed E-state index contributed by atoms with van der Waals surface area (Å²) in [5.74, 6) is -0.650. The third-order valence-electron chi connectivity index (χ3n) is 6.63. The number of carbonyl (C=O) groups is 2. The first-order valence-electron chi connectivity index (χ1n) is 13.5. The van der Waals surface area contributed by atoms with Gasteiger partial charge in [-0.2, -0.15) is 0 Å². The topological polar surface area (TPSA) is 86.8 Å². The van der Waals surface area contributed by atoms with E-state index < -0.39 is 28.5 Å². The molecule has 7 nitrogen and oxygen atoms in total. The molecular formula is C31H39N3O4S. The largest absolute Gasteiger partial charge is 0.354 e. The predicted octanol–water partition coefficient (Wildman–Crippen LogP) is 4.96. The van der Waals surface area contributed by atoms with Gasteiger partial charge in [0.25, 0.3) is 10.0 Å². The Balaban J connectivity index is 1.95. The summed E-state index contributed by atoms with van der Waals surface area (Å²) < 4.78 is 28.7. The number of hydrogen-bond donors (Lipinski definition) is 1. The van der Waals surface area contributed by atoms with Gasteiger partial charge in [0.05, 0.1) is 10.6 Å². The highest BCUT2D eigenvalue weighted by Crippen LogP contribution is 2.24. The van der Waals surface area contributed by atoms with E-state index in [0.717, 1.165) is 28.3 Å². The van der Waals surface area contributed by atoms with Crippen LogP contribution in [0.15, 0.2) is 89.8 Å². The van der Waals surface area contributed by atoms with Crippen molar-refractivity contribution in [2.24, 2.45) is 0 Å². The fourth-order valence-corrected chi connectivity index (χ4v) is 5.78. The molecule has 1 unspecified atom stereocenters. The molecule has 8 heteroatoms. The van der Waals surface area contributed by atoms with E-state index in [1.54, 1.807) is 54.6 Å². The van der Waals surface area contributed by atoms with Gasteiger partial charge in [-0.1, -0.05) is 86.5 Å². The number of carbonyl (C=O) groups excluding carboxylic acids is 2. The van der Waals surface area contributed by atoms with Gasteiger partial charge in [0.1, 0.15) is 12.6 Å². The van der Waals surface area contributed by atoms with E-state index in [0.29, 0.717) is 25.1 Å². The van der Waals surface area contributed by atoms with Crippen LogP contribution in [-0.2, 0) is 26.0 Å². The van der Waals surface area contributed by atoms with E-state index in [-0.39, 0.29) is 17.3 Å². The monoisotopic (exact) mass is 549 g/mol. The Hall–Kier alpha value is -3.65. The number of benzene rings is 3. The molecule has 0 fully saturated rings. The van der Waals surface area contributed by atoms with Gasteiger partial charge in [-0.3, -0.25) is 13.9 Å². The lowest BCUT2D eigenvalue weighted by Crippen LogP contribution is -2.53. The molecule has 0 radical (unpaired) electrons. The molecule has 0 bridgehead atoms. The molecule has 3 aromatic carbocycles. The highest BCUT2D eigenvalue weighted by Gasteiger charge is 2.33. The smallest absolute Gasteiger partial charge is 0.264 e. The molecule has 39 heavy (non-hydrogen) atoms. The number of rotatable bonds is 14. The Kier molecular flexibility index (Phi) is 11.1. The van der Waals surface area contributed by atoms with Crippen LogP contribution in [0.5, 0.6) is 0 Å². The lowest BCUT2D eigenvalue weighted by atomic mass is 10.1. The quantitative estimate of drug-likeness (QED) is 0.288. The number of amides is 2. The van der Waals surface area contributed by atoms with Crippen molar-refractivity contribution < 1.29 is 18.0 Å². The third kappa shape index (κ3) is 8.17. The summed E-state index contributed by atoms with van der Waals surface area (Å²) in [6, 6.07) is 24.2. The number of anilines is 1. The normalized spacial score (nSPS) is 12.0. The summed E-state index contributed by atoms with van der Waals surface area (Å²) in [5.41, 5.74) is 2.35. The summed E-state index contributed by atoms with van der Waals surface area (Å²) in [7, 11) is -4.05. The van der Waals surface area contributed by atoms with Crippen molar-refractivity contribution in [3.8, 4) is 0 Å². The summed E-state index contributed by atoms with van der Waals surface area (Å²) >= 11 is 0. The zero-order valence-electron chi connectivity index (χ0n) is 23.0. The van der Waals surface area contributed by atoms with Gasteiger partial charge in [0.2, 0.25) is 11.8 Å². The molecule has 0 spiro atoms. The molecule has 1 N–H and O–H groups in total. The molecule has 1 atom stereocenters. The first-order chi connectivity index (χ1) is 18.8. The van der Waals surface area contributed by atoms with E-state index in [4.69, 9.17) is 0 Å². The van der Waals surface area contributed by atoms with Gasteiger partial charge in [0.15, 0.2) is 0 Å². The Morgan fingerprint density at radius 3 is 2.08 bits per heavy atom. The molecule has 0 heterocycles. The fraction of sp³-hybridized carbons (Fsp3) is 0.355. The average molecular weight is 550 g/mol. The molecule has 0 aromatic heterocycles. The van der Waals surface area contributed by atoms with Crippen molar-refractivity contribution >= 4 is 27.5 Å². The summed E-state index contributed by atoms with van der Waals surface area (Å²) in [6.45, 7) is 6.20. The second-order valence-electron chi connectivity index (χ2n) is 9.55. The van der Waals surface area contributed by atoms with Gasteiger partial charge in [-0.25, -0.2) is 8.42 Å². The number of aryl methyl sites for hydroxylation is 1. The first-order valence-corrected chi connectivity index (χ1v) is 15.0. The lowest BCUT2D eigenvalue weighted by Gasteiger charge is -2.33. The van der Waals surface area contributed by atoms with Crippen molar-refractivity contribution in [2.75, 3.05) is 23.9 Å². The number of nitrogens with one attached hydrogen (secondary N) is 1. The summed E-state index contributed by atoms with van der Waals surface area (Å²) in [6.07, 6.45) is 2.74. The minimum atomic E-state index is -4.05.